The van der Waals surface area contributed by atoms with Gasteiger partial charge in [-0.25, -0.2) is 4.79 Å². The lowest BCUT2D eigenvalue weighted by atomic mass is 10.2. The van der Waals surface area contributed by atoms with Gasteiger partial charge in [-0.05, 0) is 54.4 Å². The average Bonchev–Trinajstić information content (AvgIpc) is 2.96. The summed E-state index contributed by atoms with van der Waals surface area (Å²) in [6.45, 7) is 0.633. The number of imidazole rings is 1. The quantitative estimate of drug-likeness (QED) is 0.586. The highest BCUT2D eigenvalue weighted by Gasteiger charge is 2.08. The van der Waals surface area contributed by atoms with Crippen molar-refractivity contribution in [2.24, 2.45) is 0 Å². The van der Waals surface area contributed by atoms with Crippen molar-refractivity contribution in [3.05, 3.63) is 89.1 Å². The lowest BCUT2D eigenvalue weighted by Gasteiger charge is -2.07. The highest BCUT2D eigenvalue weighted by atomic mass is 16.1. The Balaban J connectivity index is 1.59. The minimum atomic E-state index is -0.0825. The Hall–Kier alpha value is -3.34. The minimum Gasteiger partial charge on any atom is -0.355 e. The molecule has 0 aliphatic carbocycles. The molecule has 5 heteroatoms. The first-order valence-electron chi connectivity index (χ1n) is 8.23. The Kier molecular flexibility index (Phi) is 4.04. The summed E-state index contributed by atoms with van der Waals surface area (Å²) in [6.07, 6.45) is 4.34. The molecule has 0 bridgehead atoms. The molecule has 0 atom stereocenters. The monoisotopic (exact) mass is 330 g/mol. The molecule has 0 amide bonds. The largest absolute Gasteiger partial charge is 0.355 e. The van der Waals surface area contributed by atoms with E-state index in [1.165, 1.54) is 5.56 Å². The highest BCUT2D eigenvalue weighted by Crippen LogP contribution is 2.20. The maximum Gasteiger partial charge on any atom is 0.326 e. The van der Waals surface area contributed by atoms with Gasteiger partial charge in [-0.2, -0.15) is 0 Å². The van der Waals surface area contributed by atoms with Gasteiger partial charge in [-0.1, -0.05) is 18.2 Å². The Morgan fingerprint density at radius 1 is 0.960 bits per heavy atom. The zero-order valence-electron chi connectivity index (χ0n) is 13.6. The number of nitrogens with one attached hydrogen (secondary N) is 2. The van der Waals surface area contributed by atoms with Crippen LogP contribution >= 0.6 is 0 Å². The number of anilines is 2. The van der Waals surface area contributed by atoms with Gasteiger partial charge in [0.05, 0.1) is 11.0 Å². The fourth-order valence-electron chi connectivity index (χ4n) is 2.94. The lowest BCUT2D eigenvalue weighted by Crippen LogP contribution is -2.17. The number of fused-ring (bicyclic) bond motifs is 1. The number of rotatable bonds is 5. The van der Waals surface area contributed by atoms with Crippen LogP contribution in [0.25, 0.3) is 11.0 Å². The Labute approximate surface area is 145 Å². The van der Waals surface area contributed by atoms with E-state index >= 15 is 0 Å². The van der Waals surface area contributed by atoms with E-state index in [4.69, 9.17) is 0 Å². The number of aromatic nitrogens is 3. The van der Waals surface area contributed by atoms with Gasteiger partial charge in [0.2, 0.25) is 0 Å². The van der Waals surface area contributed by atoms with Crippen molar-refractivity contribution in [2.75, 3.05) is 5.32 Å². The van der Waals surface area contributed by atoms with E-state index in [2.05, 4.69) is 15.3 Å². The Bertz CT molecular complexity index is 1040. The van der Waals surface area contributed by atoms with Crippen molar-refractivity contribution in [1.29, 1.82) is 0 Å². The van der Waals surface area contributed by atoms with Crippen molar-refractivity contribution in [3.8, 4) is 0 Å². The first-order valence-corrected chi connectivity index (χ1v) is 8.23. The van der Waals surface area contributed by atoms with Gasteiger partial charge in [0.25, 0.3) is 0 Å². The van der Waals surface area contributed by atoms with Crippen molar-refractivity contribution >= 4 is 22.4 Å². The number of benzene rings is 2. The molecule has 0 aliphatic rings. The molecule has 0 radical (unpaired) electrons. The molecular weight excluding hydrogens is 312 g/mol. The summed E-state index contributed by atoms with van der Waals surface area (Å²) in [5.74, 6) is 0. The van der Waals surface area contributed by atoms with E-state index in [1.807, 2.05) is 60.7 Å². The molecule has 2 N–H and O–H groups in total. The third kappa shape index (κ3) is 3.30. The van der Waals surface area contributed by atoms with Gasteiger partial charge in [0, 0.05) is 30.3 Å². The molecule has 0 aliphatic heterocycles. The molecule has 5 nitrogen and oxygen atoms in total. The van der Waals surface area contributed by atoms with Gasteiger partial charge >= 0.3 is 5.69 Å². The second-order valence-electron chi connectivity index (χ2n) is 5.91. The molecule has 0 saturated carbocycles. The highest BCUT2D eigenvalue weighted by molar-refractivity contribution is 5.80. The van der Waals surface area contributed by atoms with Crippen LogP contribution in [0.4, 0.5) is 11.4 Å². The van der Waals surface area contributed by atoms with Crippen LogP contribution in [0.2, 0.25) is 0 Å². The molecule has 0 fully saturated rings. The van der Waals surface area contributed by atoms with Gasteiger partial charge < -0.3 is 10.3 Å². The van der Waals surface area contributed by atoms with E-state index in [9.17, 15) is 4.79 Å². The summed E-state index contributed by atoms with van der Waals surface area (Å²) in [5.41, 5.74) is 4.79. The van der Waals surface area contributed by atoms with Gasteiger partial charge in [-0.15, -0.1) is 0 Å². The van der Waals surface area contributed by atoms with Crippen molar-refractivity contribution in [3.63, 3.8) is 0 Å². The van der Waals surface area contributed by atoms with Crippen LogP contribution in [0.5, 0.6) is 0 Å². The zero-order chi connectivity index (χ0) is 17.1. The van der Waals surface area contributed by atoms with Crippen molar-refractivity contribution < 1.29 is 0 Å². The maximum absolute atomic E-state index is 12.3. The number of hydrogen-bond donors (Lipinski definition) is 2. The van der Waals surface area contributed by atoms with Crippen LogP contribution in [-0.4, -0.2) is 14.5 Å². The zero-order valence-corrected chi connectivity index (χ0v) is 13.6. The molecule has 0 unspecified atom stereocenters. The van der Waals surface area contributed by atoms with E-state index in [0.29, 0.717) is 6.54 Å². The second-order valence-corrected chi connectivity index (χ2v) is 5.91. The van der Waals surface area contributed by atoms with Crippen molar-refractivity contribution in [1.82, 2.24) is 14.5 Å². The third-order valence-corrected chi connectivity index (χ3v) is 4.21. The Morgan fingerprint density at radius 3 is 2.56 bits per heavy atom. The van der Waals surface area contributed by atoms with Crippen LogP contribution in [-0.2, 0) is 13.0 Å². The predicted octanol–water partition coefficient (Wildman–Crippen LogP) is 3.71. The number of nitrogens with zero attached hydrogens (tertiary/aromatic N) is 2. The smallest absolute Gasteiger partial charge is 0.326 e. The van der Waals surface area contributed by atoms with Crippen LogP contribution in [0.15, 0.2) is 77.9 Å². The molecule has 25 heavy (non-hydrogen) atoms. The first kappa shape index (κ1) is 15.2. The molecular formula is C20H18N4O. The van der Waals surface area contributed by atoms with Crippen LogP contribution in [0.1, 0.15) is 5.56 Å². The summed E-state index contributed by atoms with van der Waals surface area (Å²) in [6, 6.07) is 19.8. The first-order chi connectivity index (χ1) is 12.3. The van der Waals surface area contributed by atoms with E-state index in [-0.39, 0.29) is 5.69 Å². The minimum absolute atomic E-state index is 0.0825. The number of aryl methyl sites for hydroxylation is 2. The van der Waals surface area contributed by atoms with Gasteiger partial charge in [-0.3, -0.25) is 9.55 Å². The normalized spacial score (nSPS) is 10.9. The van der Waals surface area contributed by atoms with Crippen LogP contribution < -0.4 is 11.0 Å². The van der Waals surface area contributed by atoms with E-state index in [1.54, 1.807) is 17.0 Å². The third-order valence-electron chi connectivity index (χ3n) is 4.21. The standard InChI is InChI=1S/C20H18N4O/c25-20-23-18-14-17(22-16-4-2-1-3-5-16)6-7-19(18)24(20)13-10-15-8-11-21-12-9-15/h1-9,11-12,14,22H,10,13H2,(H,23,25). The number of pyridine rings is 1. The Morgan fingerprint density at radius 2 is 1.76 bits per heavy atom. The van der Waals surface area contributed by atoms with Crippen LogP contribution in [0, 0.1) is 0 Å². The summed E-state index contributed by atoms with van der Waals surface area (Å²) >= 11 is 0. The molecule has 2 heterocycles. The number of para-hydroxylation sites is 1. The van der Waals surface area contributed by atoms with Crippen molar-refractivity contribution in [2.45, 2.75) is 13.0 Å². The SMILES string of the molecule is O=c1[nH]c2cc(Nc3ccccc3)ccc2n1CCc1ccncc1. The molecule has 2 aromatic carbocycles. The number of H-pyrrole nitrogens is 1. The molecule has 4 aromatic rings. The second kappa shape index (κ2) is 6.65. The molecule has 124 valence electrons. The predicted molar refractivity (Wildman–Crippen MR) is 100 cm³/mol. The van der Waals surface area contributed by atoms with Gasteiger partial charge in [0.15, 0.2) is 0 Å². The molecule has 2 aromatic heterocycles. The topological polar surface area (TPSA) is 62.7 Å². The summed E-state index contributed by atoms with van der Waals surface area (Å²) in [4.78, 5) is 19.3. The molecule has 0 spiro atoms. The number of hydrogen-bond acceptors (Lipinski definition) is 3. The van der Waals surface area contributed by atoms with E-state index in [0.717, 1.165) is 28.8 Å². The average molecular weight is 330 g/mol. The molecule has 0 saturated heterocycles. The fourth-order valence-corrected chi connectivity index (χ4v) is 2.94. The molecule has 4 rings (SSSR count). The fraction of sp³-hybridized carbons (Fsp3) is 0.100. The van der Waals surface area contributed by atoms with E-state index < -0.39 is 0 Å². The number of aromatic amines is 1. The van der Waals surface area contributed by atoms with Crippen LogP contribution in [0.3, 0.4) is 0 Å². The lowest BCUT2D eigenvalue weighted by molar-refractivity contribution is 0.691. The maximum atomic E-state index is 12.3. The summed E-state index contributed by atoms with van der Waals surface area (Å²) in [7, 11) is 0. The summed E-state index contributed by atoms with van der Waals surface area (Å²) in [5, 5.41) is 3.34. The van der Waals surface area contributed by atoms with Gasteiger partial charge in [0.1, 0.15) is 0 Å². The summed E-state index contributed by atoms with van der Waals surface area (Å²) < 4.78 is 1.78.